The van der Waals surface area contributed by atoms with Gasteiger partial charge in [-0.05, 0) is 80.9 Å². The number of nitrogens with zero attached hydrogens (tertiary/aromatic N) is 2. The van der Waals surface area contributed by atoms with Gasteiger partial charge < -0.3 is 9.47 Å². The van der Waals surface area contributed by atoms with Gasteiger partial charge in [-0.1, -0.05) is 40.9 Å². The maximum absolute atomic E-state index is 13.0. The first kappa shape index (κ1) is 25.8. The number of ether oxygens (including phenoxy) is 2. The Hall–Kier alpha value is -1.86. The highest BCUT2D eigenvalue weighted by Gasteiger charge is 2.35. The fraction of sp³-hybridized carbons (Fsp3) is 0.333. The standard InChI is InChI=1S/C24H25Cl3N2O3S/c1-13(2)28-24-29(14(3)4)23(30)21(33-24)11-16-9-19(27)22(20(10-16)31-5)32-12-15-6-7-17(25)18(26)8-15/h6-11,13-14H,12H2,1-5H3/b21-11+,28-24?. The maximum Gasteiger partial charge on any atom is 0.266 e. The second kappa shape index (κ2) is 11.0. The van der Waals surface area contributed by atoms with Gasteiger partial charge in [0.25, 0.3) is 5.91 Å². The third-order valence-electron chi connectivity index (χ3n) is 4.64. The maximum atomic E-state index is 13.0. The molecular formula is C24H25Cl3N2O3S. The van der Waals surface area contributed by atoms with Crippen LogP contribution in [0.2, 0.25) is 15.1 Å². The van der Waals surface area contributed by atoms with Gasteiger partial charge in [0.1, 0.15) is 6.61 Å². The Morgan fingerprint density at radius 3 is 2.39 bits per heavy atom. The van der Waals surface area contributed by atoms with Crippen LogP contribution in [0.1, 0.15) is 38.8 Å². The van der Waals surface area contributed by atoms with Crippen molar-refractivity contribution in [2.75, 3.05) is 7.11 Å². The number of carbonyl (C=O) groups is 1. The quantitative estimate of drug-likeness (QED) is 0.354. The average molecular weight is 528 g/mol. The van der Waals surface area contributed by atoms with E-state index in [0.717, 1.165) is 11.1 Å². The lowest BCUT2D eigenvalue weighted by Crippen LogP contribution is -2.35. The Morgan fingerprint density at radius 1 is 1.06 bits per heavy atom. The van der Waals surface area contributed by atoms with Gasteiger partial charge in [-0.25, -0.2) is 0 Å². The summed E-state index contributed by atoms with van der Waals surface area (Å²) in [6.07, 6.45) is 1.79. The molecule has 0 aliphatic carbocycles. The summed E-state index contributed by atoms with van der Waals surface area (Å²) < 4.78 is 11.4. The van der Waals surface area contributed by atoms with E-state index >= 15 is 0 Å². The Bertz CT molecular complexity index is 1120. The van der Waals surface area contributed by atoms with E-state index in [9.17, 15) is 4.79 Å². The van der Waals surface area contributed by atoms with E-state index in [1.165, 1.54) is 18.9 Å². The average Bonchev–Trinajstić information content (AvgIpc) is 3.03. The Kier molecular flexibility index (Phi) is 8.62. The van der Waals surface area contributed by atoms with Gasteiger partial charge in [-0.2, -0.15) is 0 Å². The zero-order valence-corrected chi connectivity index (χ0v) is 22.1. The molecule has 0 bridgehead atoms. The van der Waals surface area contributed by atoms with Crippen LogP contribution >= 0.6 is 46.6 Å². The van der Waals surface area contributed by atoms with Crippen molar-refractivity contribution in [3.63, 3.8) is 0 Å². The van der Waals surface area contributed by atoms with E-state index in [1.54, 1.807) is 35.2 Å². The summed E-state index contributed by atoms with van der Waals surface area (Å²) in [4.78, 5) is 19.9. The number of amidine groups is 1. The molecular weight excluding hydrogens is 503 g/mol. The van der Waals surface area contributed by atoms with Crippen LogP contribution in [-0.2, 0) is 11.4 Å². The lowest BCUT2D eigenvalue weighted by Gasteiger charge is -2.20. The zero-order chi connectivity index (χ0) is 24.3. The van der Waals surface area contributed by atoms with Crippen LogP contribution in [0.25, 0.3) is 6.08 Å². The van der Waals surface area contributed by atoms with E-state index in [1.807, 2.05) is 33.8 Å². The Labute approximate surface area is 213 Å². The van der Waals surface area contributed by atoms with E-state index in [-0.39, 0.29) is 24.6 Å². The number of halogens is 3. The second-order valence-electron chi connectivity index (χ2n) is 7.96. The fourth-order valence-corrected chi connectivity index (χ4v) is 4.98. The molecule has 1 fully saturated rings. The minimum absolute atomic E-state index is 0.00340. The molecule has 3 rings (SSSR count). The highest BCUT2D eigenvalue weighted by Crippen LogP contribution is 2.40. The van der Waals surface area contributed by atoms with Gasteiger partial charge in [0, 0.05) is 12.1 Å². The molecule has 1 heterocycles. The van der Waals surface area contributed by atoms with Gasteiger partial charge in [0.05, 0.1) is 27.1 Å². The van der Waals surface area contributed by atoms with Crippen molar-refractivity contribution in [2.45, 2.75) is 46.4 Å². The van der Waals surface area contributed by atoms with Crippen molar-refractivity contribution in [2.24, 2.45) is 4.99 Å². The highest BCUT2D eigenvalue weighted by atomic mass is 35.5. The topological polar surface area (TPSA) is 51.1 Å². The molecule has 0 atom stereocenters. The van der Waals surface area contributed by atoms with E-state index < -0.39 is 0 Å². The number of carbonyl (C=O) groups excluding carboxylic acids is 1. The van der Waals surface area contributed by atoms with Crippen molar-refractivity contribution in [3.05, 3.63) is 61.4 Å². The Morgan fingerprint density at radius 2 is 1.79 bits per heavy atom. The SMILES string of the molecule is COc1cc(/C=C2/SC(=NC(C)C)N(C(C)C)C2=O)cc(Cl)c1OCc1ccc(Cl)c(Cl)c1. The summed E-state index contributed by atoms with van der Waals surface area (Å²) in [7, 11) is 1.54. The number of aliphatic imine (C=N–C) groups is 1. The van der Waals surface area contributed by atoms with Crippen molar-refractivity contribution >= 4 is 63.7 Å². The van der Waals surface area contributed by atoms with Gasteiger partial charge in [0.2, 0.25) is 0 Å². The molecule has 0 N–H and O–H groups in total. The molecule has 5 nitrogen and oxygen atoms in total. The summed E-state index contributed by atoms with van der Waals surface area (Å²) >= 11 is 19.9. The molecule has 1 aliphatic rings. The predicted molar refractivity (Wildman–Crippen MR) is 139 cm³/mol. The molecule has 2 aromatic carbocycles. The summed E-state index contributed by atoms with van der Waals surface area (Å²) in [5, 5.41) is 2.00. The summed E-state index contributed by atoms with van der Waals surface area (Å²) in [6.45, 7) is 8.15. The molecule has 1 amide bonds. The zero-order valence-electron chi connectivity index (χ0n) is 19.0. The lowest BCUT2D eigenvalue weighted by atomic mass is 10.1. The number of amides is 1. The molecule has 33 heavy (non-hydrogen) atoms. The molecule has 2 aromatic rings. The second-order valence-corrected chi connectivity index (χ2v) is 10.2. The van der Waals surface area contributed by atoms with Crippen LogP contribution < -0.4 is 9.47 Å². The first-order chi connectivity index (χ1) is 15.6. The molecule has 0 radical (unpaired) electrons. The van der Waals surface area contributed by atoms with Crippen molar-refractivity contribution in [1.29, 1.82) is 0 Å². The molecule has 0 spiro atoms. The fourth-order valence-electron chi connectivity index (χ4n) is 3.15. The first-order valence-corrected chi connectivity index (χ1v) is 12.3. The number of rotatable bonds is 7. The molecule has 1 saturated heterocycles. The number of hydrogen-bond acceptors (Lipinski definition) is 5. The van der Waals surface area contributed by atoms with Crippen molar-refractivity contribution < 1.29 is 14.3 Å². The molecule has 1 aliphatic heterocycles. The van der Waals surface area contributed by atoms with Gasteiger partial charge in [-0.3, -0.25) is 14.7 Å². The van der Waals surface area contributed by atoms with Crippen LogP contribution in [0.5, 0.6) is 11.5 Å². The van der Waals surface area contributed by atoms with Gasteiger partial charge >= 0.3 is 0 Å². The third-order valence-corrected chi connectivity index (χ3v) is 6.66. The van der Waals surface area contributed by atoms with Crippen LogP contribution in [0.4, 0.5) is 0 Å². The summed E-state index contributed by atoms with van der Waals surface area (Å²) in [6, 6.07) is 8.90. The Balaban J connectivity index is 1.87. The van der Waals surface area contributed by atoms with E-state index in [4.69, 9.17) is 44.3 Å². The van der Waals surface area contributed by atoms with E-state index in [0.29, 0.717) is 36.6 Å². The number of methoxy groups -OCH3 is 1. The largest absolute Gasteiger partial charge is 0.493 e. The molecule has 9 heteroatoms. The number of hydrogen-bond donors (Lipinski definition) is 0. The normalized spacial score (nSPS) is 16.5. The van der Waals surface area contributed by atoms with Crippen LogP contribution in [0.3, 0.4) is 0 Å². The minimum atomic E-state index is -0.0792. The van der Waals surface area contributed by atoms with Crippen LogP contribution in [0, 0.1) is 0 Å². The monoisotopic (exact) mass is 526 g/mol. The van der Waals surface area contributed by atoms with Gasteiger partial charge in [-0.15, -0.1) is 0 Å². The predicted octanol–water partition coefficient (Wildman–Crippen LogP) is 7.32. The van der Waals surface area contributed by atoms with Crippen molar-refractivity contribution in [3.8, 4) is 11.5 Å². The lowest BCUT2D eigenvalue weighted by molar-refractivity contribution is -0.123. The number of benzene rings is 2. The van der Waals surface area contributed by atoms with Crippen molar-refractivity contribution in [1.82, 2.24) is 4.90 Å². The number of thioether (sulfide) groups is 1. The summed E-state index contributed by atoms with van der Waals surface area (Å²) in [5.41, 5.74) is 1.57. The van der Waals surface area contributed by atoms with Gasteiger partial charge in [0.15, 0.2) is 16.7 Å². The van der Waals surface area contributed by atoms with Crippen LogP contribution in [-0.4, -0.2) is 35.2 Å². The highest BCUT2D eigenvalue weighted by molar-refractivity contribution is 8.18. The van der Waals surface area contributed by atoms with E-state index in [2.05, 4.69) is 4.99 Å². The molecule has 176 valence electrons. The van der Waals surface area contributed by atoms with Crippen LogP contribution in [0.15, 0.2) is 40.2 Å². The molecule has 0 unspecified atom stereocenters. The smallest absolute Gasteiger partial charge is 0.266 e. The minimum Gasteiger partial charge on any atom is -0.493 e. The third kappa shape index (κ3) is 6.18. The first-order valence-electron chi connectivity index (χ1n) is 10.4. The molecule has 0 saturated carbocycles. The summed E-state index contributed by atoms with van der Waals surface area (Å²) in [5.74, 6) is 0.787. The molecule has 0 aromatic heterocycles.